The number of rotatable bonds is 5. The van der Waals surface area contributed by atoms with Crippen molar-refractivity contribution in [3.05, 3.63) is 71.3 Å². The molecule has 24 heavy (non-hydrogen) atoms. The van der Waals surface area contributed by atoms with Crippen molar-refractivity contribution in [2.24, 2.45) is 0 Å². The summed E-state index contributed by atoms with van der Waals surface area (Å²) in [5, 5.41) is 3.06. The Kier molecular flexibility index (Phi) is 5.65. The van der Waals surface area contributed by atoms with Gasteiger partial charge in [0.2, 0.25) is 0 Å². The monoisotopic (exact) mass is 322 g/mol. The Morgan fingerprint density at radius 2 is 1.67 bits per heavy atom. The first-order valence-corrected chi connectivity index (χ1v) is 8.89. The molecule has 126 valence electrons. The van der Waals surface area contributed by atoms with E-state index in [4.69, 9.17) is 0 Å². The van der Waals surface area contributed by atoms with Gasteiger partial charge in [0.15, 0.2) is 0 Å². The van der Waals surface area contributed by atoms with Gasteiger partial charge in [-0.2, -0.15) is 0 Å². The molecular weight excluding hydrogens is 296 g/mol. The molecule has 1 saturated heterocycles. The molecule has 3 rings (SSSR count). The Bertz CT molecular complexity index is 645. The molecule has 1 atom stereocenters. The van der Waals surface area contributed by atoms with Gasteiger partial charge in [-0.1, -0.05) is 48.9 Å². The van der Waals surface area contributed by atoms with Crippen molar-refractivity contribution in [1.29, 1.82) is 0 Å². The van der Waals surface area contributed by atoms with Crippen molar-refractivity contribution < 1.29 is 4.79 Å². The van der Waals surface area contributed by atoms with Gasteiger partial charge in [0.05, 0.1) is 6.04 Å². The molecule has 0 aromatic heterocycles. The second-order valence-corrected chi connectivity index (χ2v) is 6.64. The summed E-state index contributed by atoms with van der Waals surface area (Å²) in [6.45, 7) is 5.38. The van der Waals surface area contributed by atoms with E-state index in [0.29, 0.717) is 0 Å². The highest BCUT2D eigenvalue weighted by atomic mass is 16.1. The molecular formula is C21H26N2O. The van der Waals surface area contributed by atoms with E-state index in [9.17, 15) is 4.79 Å². The molecule has 0 aliphatic carbocycles. The van der Waals surface area contributed by atoms with E-state index in [1.165, 1.54) is 37.9 Å². The topological polar surface area (TPSA) is 32.3 Å². The highest BCUT2D eigenvalue weighted by molar-refractivity contribution is 5.94. The minimum absolute atomic E-state index is 0.00623. The molecule has 0 bridgehead atoms. The maximum absolute atomic E-state index is 12.4. The third-order valence-electron chi connectivity index (χ3n) is 4.72. The van der Waals surface area contributed by atoms with Crippen LogP contribution in [0.25, 0.3) is 0 Å². The third kappa shape index (κ3) is 4.45. The fraction of sp³-hybridized carbons (Fsp3) is 0.381. The number of hydrogen-bond acceptors (Lipinski definition) is 2. The largest absolute Gasteiger partial charge is 0.346 e. The minimum Gasteiger partial charge on any atom is -0.346 e. The van der Waals surface area contributed by atoms with Crippen molar-refractivity contribution in [1.82, 2.24) is 10.2 Å². The number of benzene rings is 2. The van der Waals surface area contributed by atoms with Crippen LogP contribution in [0.15, 0.2) is 54.6 Å². The molecule has 0 radical (unpaired) electrons. The van der Waals surface area contributed by atoms with E-state index in [1.54, 1.807) is 0 Å². The van der Waals surface area contributed by atoms with Crippen LogP contribution in [0.4, 0.5) is 0 Å². The van der Waals surface area contributed by atoms with E-state index < -0.39 is 0 Å². The molecule has 3 nitrogen and oxygen atoms in total. The van der Waals surface area contributed by atoms with Gasteiger partial charge < -0.3 is 5.32 Å². The summed E-state index contributed by atoms with van der Waals surface area (Å²) in [6.07, 6.45) is 3.96. The average molecular weight is 322 g/mol. The van der Waals surface area contributed by atoms with E-state index in [2.05, 4.69) is 22.3 Å². The summed E-state index contributed by atoms with van der Waals surface area (Å²) in [5.74, 6) is -0.0177. The molecule has 2 aromatic carbocycles. The second kappa shape index (κ2) is 8.11. The normalized spacial score (nSPS) is 16.5. The van der Waals surface area contributed by atoms with Gasteiger partial charge in [-0.3, -0.25) is 9.69 Å². The summed E-state index contributed by atoms with van der Waals surface area (Å²) >= 11 is 0. The average Bonchev–Trinajstić information content (AvgIpc) is 2.64. The zero-order valence-corrected chi connectivity index (χ0v) is 14.4. The number of likely N-dealkylation sites (tertiary alicyclic amines) is 1. The molecule has 3 heteroatoms. The summed E-state index contributed by atoms with van der Waals surface area (Å²) in [6, 6.07) is 18.1. The van der Waals surface area contributed by atoms with Gasteiger partial charge in [0.25, 0.3) is 5.91 Å². The van der Waals surface area contributed by atoms with Crippen LogP contribution >= 0.6 is 0 Å². The first kappa shape index (κ1) is 16.7. The Balaban J connectivity index is 1.57. The molecule has 1 aliphatic rings. The van der Waals surface area contributed by atoms with Gasteiger partial charge >= 0.3 is 0 Å². The van der Waals surface area contributed by atoms with Gasteiger partial charge in [-0.25, -0.2) is 0 Å². The predicted molar refractivity (Wildman–Crippen MR) is 97.9 cm³/mol. The number of hydrogen-bond donors (Lipinski definition) is 1. The Hall–Kier alpha value is -2.13. The SMILES string of the molecule is C[C@@H](NC(=O)c1ccc(CN2CCCCC2)cc1)c1ccccc1. The lowest BCUT2D eigenvalue weighted by atomic mass is 10.1. The van der Waals surface area contributed by atoms with Gasteiger partial charge in [-0.15, -0.1) is 0 Å². The minimum atomic E-state index is -0.0177. The molecule has 0 spiro atoms. The van der Waals surface area contributed by atoms with Crippen molar-refractivity contribution in [2.75, 3.05) is 13.1 Å². The Morgan fingerprint density at radius 1 is 1.00 bits per heavy atom. The van der Waals surface area contributed by atoms with Crippen LogP contribution in [0.3, 0.4) is 0 Å². The first-order valence-electron chi connectivity index (χ1n) is 8.89. The molecule has 0 unspecified atom stereocenters. The standard InChI is InChI=1S/C21H26N2O/c1-17(19-8-4-2-5-9-19)22-21(24)20-12-10-18(11-13-20)16-23-14-6-3-7-15-23/h2,4-5,8-13,17H,3,6-7,14-16H2,1H3,(H,22,24)/t17-/m1/s1. The molecule has 2 aromatic rings. The fourth-order valence-corrected chi connectivity index (χ4v) is 3.24. The van der Waals surface area contributed by atoms with Gasteiger partial charge in [-0.05, 0) is 56.1 Å². The van der Waals surface area contributed by atoms with Gasteiger partial charge in [0.1, 0.15) is 0 Å². The number of nitrogens with zero attached hydrogens (tertiary/aromatic N) is 1. The fourth-order valence-electron chi connectivity index (χ4n) is 3.24. The van der Waals surface area contributed by atoms with Crippen LogP contribution in [0, 0.1) is 0 Å². The van der Waals surface area contributed by atoms with E-state index in [0.717, 1.165) is 17.7 Å². The lowest BCUT2D eigenvalue weighted by Crippen LogP contribution is -2.29. The quantitative estimate of drug-likeness (QED) is 0.896. The van der Waals surface area contributed by atoms with Crippen LogP contribution in [-0.4, -0.2) is 23.9 Å². The Morgan fingerprint density at radius 3 is 2.33 bits per heavy atom. The van der Waals surface area contributed by atoms with Crippen LogP contribution < -0.4 is 5.32 Å². The van der Waals surface area contributed by atoms with E-state index >= 15 is 0 Å². The Labute approximate surface area is 144 Å². The summed E-state index contributed by atoms with van der Waals surface area (Å²) in [4.78, 5) is 14.9. The van der Waals surface area contributed by atoms with Crippen molar-refractivity contribution in [3.8, 4) is 0 Å². The predicted octanol–water partition coefficient (Wildman–Crippen LogP) is 4.16. The maximum Gasteiger partial charge on any atom is 0.251 e. The first-order chi connectivity index (χ1) is 11.7. The van der Waals surface area contributed by atoms with Crippen LogP contribution in [0.5, 0.6) is 0 Å². The molecule has 1 aliphatic heterocycles. The van der Waals surface area contributed by atoms with Crippen molar-refractivity contribution >= 4 is 5.91 Å². The lowest BCUT2D eigenvalue weighted by molar-refractivity contribution is 0.0940. The zero-order chi connectivity index (χ0) is 16.8. The van der Waals surface area contributed by atoms with Crippen LogP contribution in [-0.2, 0) is 6.54 Å². The molecule has 1 heterocycles. The maximum atomic E-state index is 12.4. The number of carbonyl (C=O) groups excluding carboxylic acids is 1. The number of carbonyl (C=O) groups is 1. The summed E-state index contributed by atoms with van der Waals surface area (Å²) < 4.78 is 0. The summed E-state index contributed by atoms with van der Waals surface area (Å²) in [5.41, 5.74) is 3.12. The molecule has 0 saturated carbocycles. The summed E-state index contributed by atoms with van der Waals surface area (Å²) in [7, 11) is 0. The third-order valence-corrected chi connectivity index (χ3v) is 4.72. The molecule has 1 fully saturated rings. The number of piperidine rings is 1. The lowest BCUT2D eigenvalue weighted by Gasteiger charge is -2.26. The number of nitrogens with one attached hydrogen (secondary N) is 1. The highest BCUT2D eigenvalue weighted by Gasteiger charge is 2.13. The smallest absolute Gasteiger partial charge is 0.251 e. The zero-order valence-electron chi connectivity index (χ0n) is 14.4. The highest BCUT2D eigenvalue weighted by Crippen LogP contribution is 2.15. The van der Waals surface area contributed by atoms with E-state index in [1.807, 2.05) is 49.4 Å². The molecule has 1 amide bonds. The van der Waals surface area contributed by atoms with Crippen LogP contribution in [0.1, 0.15) is 53.7 Å². The van der Waals surface area contributed by atoms with Crippen molar-refractivity contribution in [3.63, 3.8) is 0 Å². The molecule has 1 N–H and O–H groups in total. The van der Waals surface area contributed by atoms with Crippen LogP contribution in [0.2, 0.25) is 0 Å². The van der Waals surface area contributed by atoms with Gasteiger partial charge in [0, 0.05) is 12.1 Å². The van der Waals surface area contributed by atoms with Crippen molar-refractivity contribution in [2.45, 2.75) is 38.8 Å². The second-order valence-electron chi connectivity index (χ2n) is 6.64. The number of amides is 1. The van der Waals surface area contributed by atoms with E-state index in [-0.39, 0.29) is 11.9 Å².